The minimum atomic E-state index is -0.581. The summed E-state index contributed by atoms with van der Waals surface area (Å²) in [5, 5.41) is 0. The Labute approximate surface area is 150 Å². The summed E-state index contributed by atoms with van der Waals surface area (Å²) in [6.07, 6.45) is 3.63. The molecular weight excluding hydrogens is 318 g/mol. The van der Waals surface area contributed by atoms with Crippen LogP contribution in [-0.4, -0.2) is 37.2 Å². The zero-order valence-electron chi connectivity index (χ0n) is 15.9. The molecule has 0 aromatic heterocycles. The molecule has 1 amide bonds. The highest BCUT2D eigenvalue weighted by Crippen LogP contribution is 2.41. The molecule has 0 bridgehead atoms. The van der Waals surface area contributed by atoms with E-state index in [9.17, 15) is 9.59 Å². The van der Waals surface area contributed by atoms with E-state index in [4.69, 9.17) is 9.47 Å². The fraction of sp³-hybridized carbons (Fsp3) is 0.600. The molecule has 1 aromatic carbocycles. The maximum Gasteiger partial charge on any atom is 0.410 e. The van der Waals surface area contributed by atoms with Crippen molar-refractivity contribution in [2.24, 2.45) is 0 Å². The second-order valence-electron chi connectivity index (χ2n) is 6.40. The van der Waals surface area contributed by atoms with Crippen LogP contribution in [0.5, 0.6) is 0 Å². The molecule has 0 spiro atoms. The predicted octanol–water partition coefficient (Wildman–Crippen LogP) is 3.82. The van der Waals surface area contributed by atoms with Gasteiger partial charge in [-0.2, -0.15) is 0 Å². The third-order valence-electron chi connectivity index (χ3n) is 5.16. The van der Waals surface area contributed by atoms with Gasteiger partial charge in [0.05, 0.1) is 20.3 Å². The predicted molar refractivity (Wildman–Crippen MR) is 96.6 cm³/mol. The van der Waals surface area contributed by atoms with Gasteiger partial charge in [0.15, 0.2) is 0 Å². The van der Waals surface area contributed by atoms with Gasteiger partial charge in [-0.25, -0.2) is 9.59 Å². The molecule has 0 aliphatic carbocycles. The molecule has 1 saturated heterocycles. The van der Waals surface area contributed by atoms with Gasteiger partial charge in [0.2, 0.25) is 0 Å². The zero-order valence-corrected chi connectivity index (χ0v) is 15.9. The van der Waals surface area contributed by atoms with E-state index in [0.29, 0.717) is 6.42 Å². The average molecular weight is 347 g/mol. The molecular formula is C20H29NO4. The Morgan fingerprint density at radius 3 is 2.04 bits per heavy atom. The molecule has 138 valence electrons. The molecule has 0 N–H and O–H groups in total. The van der Waals surface area contributed by atoms with Crippen LogP contribution < -0.4 is 0 Å². The maximum atomic E-state index is 12.4. The smallest absolute Gasteiger partial charge is 0.410 e. The molecule has 1 aliphatic heterocycles. The molecule has 1 aliphatic rings. The van der Waals surface area contributed by atoms with Crippen molar-refractivity contribution in [3.63, 3.8) is 0 Å². The standard InChI is InChI=1S/C20H29NO4/c1-6-13-11-14(7-2)18(15(8-3)12-13)16-9-10-17(19(22)24-4)21(16)20(23)25-5/h11-12,16-17H,6-10H2,1-5H3/t16?,17-/m0/s1. The first-order valence-corrected chi connectivity index (χ1v) is 9.10. The molecule has 25 heavy (non-hydrogen) atoms. The monoisotopic (exact) mass is 347 g/mol. The van der Waals surface area contributed by atoms with Crippen LogP contribution in [0, 0.1) is 0 Å². The number of ether oxygens (including phenoxy) is 2. The van der Waals surface area contributed by atoms with E-state index in [1.165, 1.54) is 36.5 Å². The second-order valence-corrected chi connectivity index (χ2v) is 6.40. The first kappa shape index (κ1) is 19.3. The third-order valence-corrected chi connectivity index (χ3v) is 5.16. The Morgan fingerprint density at radius 1 is 1.00 bits per heavy atom. The number of benzene rings is 1. The van der Waals surface area contributed by atoms with E-state index in [2.05, 4.69) is 32.9 Å². The molecule has 0 saturated carbocycles. The maximum absolute atomic E-state index is 12.4. The van der Waals surface area contributed by atoms with E-state index in [-0.39, 0.29) is 12.0 Å². The molecule has 1 heterocycles. The van der Waals surface area contributed by atoms with Gasteiger partial charge in [-0.1, -0.05) is 32.9 Å². The van der Waals surface area contributed by atoms with Crippen LogP contribution in [0.4, 0.5) is 4.79 Å². The van der Waals surface area contributed by atoms with Gasteiger partial charge in [-0.15, -0.1) is 0 Å². The molecule has 1 fully saturated rings. The summed E-state index contributed by atoms with van der Waals surface area (Å²) in [7, 11) is 2.71. The molecule has 1 aromatic rings. The number of esters is 1. The highest BCUT2D eigenvalue weighted by molar-refractivity contribution is 5.82. The lowest BCUT2D eigenvalue weighted by Gasteiger charge is -2.30. The van der Waals surface area contributed by atoms with Crippen molar-refractivity contribution in [2.75, 3.05) is 14.2 Å². The van der Waals surface area contributed by atoms with Gasteiger partial charge in [0.25, 0.3) is 0 Å². The fourth-order valence-electron chi connectivity index (χ4n) is 3.89. The van der Waals surface area contributed by atoms with Gasteiger partial charge in [0.1, 0.15) is 6.04 Å². The SMILES string of the molecule is CCc1cc(CC)c(C2CC[C@@H](C(=O)OC)N2C(=O)OC)c(CC)c1. The van der Waals surface area contributed by atoms with Crippen molar-refractivity contribution in [3.8, 4) is 0 Å². The van der Waals surface area contributed by atoms with Gasteiger partial charge in [-0.3, -0.25) is 4.90 Å². The highest BCUT2D eigenvalue weighted by Gasteiger charge is 2.44. The van der Waals surface area contributed by atoms with Crippen LogP contribution in [-0.2, 0) is 33.5 Å². The van der Waals surface area contributed by atoms with E-state index in [1.807, 2.05) is 0 Å². The number of nitrogens with zero attached hydrogens (tertiary/aromatic N) is 1. The van der Waals surface area contributed by atoms with Gasteiger partial charge >= 0.3 is 12.1 Å². The van der Waals surface area contributed by atoms with Crippen LogP contribution >= 0.6 is 0 Å². The Kier molecular flexibility index (Phi) is 6.45. The summed E-state index contributed by atoms with van der Waals surface area (Å²) in [5.41, 5.74) is 4.99. The quantitative estimate of drug-likeness (QED) is 0.760. The van der Waals surface area contributed by atoms with Crippen molar-refractivity contribution < 1.29 is 19.1 Å². The van der Waals surface area contributed by atoms with E-state index < -0.39 is 12.1 Å². The normalized spacial score (nSPS) is 19.8. The zero-order chi connectivity index (χ0) is 18.6. The molecule has 5 nitrogen and oxygen atoms in total. The minimum absolute atomic E-state index is 0.146. The largest absolute Gasteiger partial charge is 0.467 e. The summed E-state index contributed by atoms with van der Waals surface area (Å²) in [6.45, 7) is 6.41. The summed E-state index contributed by atoms with van der Waals surface area (Å²) in [6, 6.07) is 3.74. The number of likely N-dealkylation sites (tertiary alicyclic amines) is 1. The molecule has 2 atom stereocenters. The number of rotatable bonds is 5. The summed E-state index contributed by atoms with van der Waals surface area (Å²) in [4.78, 5) is 26.2. The van der Waals surface area contributed by atoms with Crippen molar-refractivity contribution in [2.45, 2.75) is 65.0 Å². The van der Waals surface area contributed by atoms with Crippen molar-refractivity contribution in [1.29, 1.82) is 0 Å². The number of hydrogen-bond donors (Lipinski definition) is 0. The average Bonchev–Trinajstić information content (AvgIpc) is 3.09. The lowest BCUT2D eigenvalue weighted by Crippen LogP contribution is -2.42. The van der Waals surface area contributed by atoms with E-state index >= 15 is 0 Å². The van der Waals surface area contributed by atoms with Gasteiger partial charge in [-0.05, 0) is 54.4 Å². The minimum Gasteiger partial charge on any atom is -0.467 e. The molecule has 1 unspecified atom stereocenters. The first-order chi connectivity index (χ1) is 12.0. The van der Waals surface area contributed by atoms with Crippen LogP contribution in [0.3, 0.4) is 0 Å². The van der Waals surface area contributed by atoms with E-state index in [1.54, 1.807) is 4.90 Å². The van der Waals surface area contributed by atoms with E-state index in [0.717, 1.165) is 25.7 Å². The molecule has 5 heteroatoms. The Morgan fingerprint density at radius 2 is 1.60 bits per heavy atom. The summed E-state index contributed by atoms with van der Waals surface area (Å²) in [5.74, 6) is -0.380. The second kappa shape index (κ2) is 8.37. The van der Waals surface area contributed by atoms with Crippen LogP contribution in [0.2, 0.25) is 0 Å². The fourth-order valence-corrected chi connectivity index (χ4v) is 3.89. The summed E-state index contributed by atoms with van der Waals surface area (Å²) < 4.78 is 9.89. The van der Waals surface area contributed by atoms with Gasteiger partial charge < -0.3 is 9.47 Å². The number of methoxy groups -OCH3 is 2. The molecule has 0 radical (unpaired) electrons. The number of amides is 1. The van der Waals surface area contributed by atoms with Crippen LogP contribution in [0.1, 0.15) is 61.9 Å². The first-order valence-electron chi connectivity index (χ1n) is 9.10. The number of aryl methyl sites for hydroxylation is 3. The topological polar surface area (TPSA) is 55.8 Å². The number of carbonyl (C=O) groups is 2. The van der Waals surface area contributed by atoms with Gasteiger partial charge in [0, 0.05) is 0 Å². The van der Waals surface area contributed by atoms with Crippen molar-refractivity contribution >= 4 is 12.1 Å². The lowest BCUT2D eigenvalue weighted by atomic mass is 9.88. The van der Waals surface area contributed by atoms with Crippen molar-refractivity contribution in [3.05, 3.63) is 34.4 Å². The Balaban J connectivity index is 2.55. The lowest BCUT2D eigenvalue weighted by molar-refractivity contribution is -0.145. The Bertz CT molecular complexity index is 616. The highest BCUT2D eigenvalue weighted by atomic mass is 16.5. The van der Waals surface area contributed by atoms with Crippen molar-refractivity contribution in [1.82, 2.24) is 4.90 Å². The van der Waals surface area contributed by atoms with Crippen LogP contribution in [0.15, 0.2) is 12.1 Å². The number of carbonyl (C=O) groups excluding carboxylic acids is 2. The number of hydrogen-bond acceptors (Lipinski definition) is 4. The third kappa shape index (κ3) is 3.65. The molecule has 2 rings (SSSR count). The van der Waals surface area contributed by atoms with Crippen LogP contribution in [0.25, 0.3) is 0 Å². The Hall–Kier alpha value is -2.04. The summed E-state index contributed by atoms with van der Waals surface area (Å²) >= 11 is 0.